The van der Waals surface area contributed by atoms with Gasteiger partial charge in [0.2, 0.25) is 5.91 Å². The molecule has 1 aliphatic carbocycles. The second kappa shape index (κ2) is 8.36. The Hall–Kier alpha value is -3.06. The summed E-state index contributed by atoms with van der Waals surface area (Å²) in [6.07, 6.45) is 2.37. The van der Waals surface area contributed by atoms with Crippen LogP contribution in [-0.4, -0.2) is 17.0 Å². The minimum Gasteiger partial charge on any atom is -0.477 e. The van der Waals surface area contributed by atoms with Crippen molar-refractivity contribution in [3.05, 3.63) is 76.7 Å². The number of halogens is 2. The van der Waals surface area contributed by atoms with Gasteiger partial charge in [-0.05, 0) is 30.5 Å². The first kappa shape index (κ1) is 20.2. The smallest absolute Gasteiger partial charge is 0.348 e. The molecule has 3 aromatic rings. The number of rotatable bonds is 6. The van der Waals surface area contributed by atoms with Crippen molar-refractivity contribution in [2.45, 2.75) is 25.8 Å². The molecule has 1 amide bonds. The van der Waals surface area contributed by atoms with Gasteiger partial charge < -0.3 is 10.0 Å². The second-order valence-corrected chi connectivity index (χ2v) is 8.34. The Morgan fingerprint density at radius 1 is 1.07 bits per heavy atom. The average Bonchev–Trinajstić information content (AvgIpc) is 3.12. The molecule has 1 aromatic heterocycles. The fourth-order valence-corrected chi connectivity index (χ4v) is 4.46. The molecule has 0 atom stereocenters. The van der Waals surface area contributed by atoms with Crippen LogP contribution in [0.1, 0.15) is 34.5 Å². The molecule has 4 rings (SSSR count). The van der Waals surface area contributed by atoms with Crippen molar-refractivity contribution >= 4 is 28.9 Å². The van der Waals surface area contributed by atoms with Gasteiger partial charge in [0.1, 0.15) is 16.5 Å². The minimum atomic E-state index is -1.15. The highest BCUT2D eigenvalue weighted by molar-refractivity contribution is 7.18. The van der Waals surface area contributed by atoms with E-state index in [4.69, 9.17) is 0 Å². The first-order valence-electron chi connectivity index (χ1n) is 9.62. The van der Waals surface area contributed by atoms with E-state index in [1.54, 1.807) is 6.07 Å². The zero-order chi connectivity index (χ0) is 21.3. The highest BCUT2D eigenvalue weighted by Crippen LogP contribution is 2.40. The molecule has 7 heteroatoms. The Labute approximate surface area is 176 Å². The lowest BCUT2D eigenvalue weighted by Crippen LogP contribution is -2.39. The Morgan fingerprint density at radius 2 is 1.80 bits per heavy atom. The van der Waals surface area contributed by atoms with Gasteiger partial charge in [-0.15, -0.1) is 11.3 Å². The predicted molar refractivity (Wildman–Crippen MR) is 112 cm³/mol. The Kier molecular flexibility index (Phi) is 5.63. The molecular formula is C23H19F2NO3S. The quantitative estimate of drug-likeness (QED) is 0.547. The van der Waals surface area contributed by atoms with Gasteiger partial charge in [0.05, 0.1) is 12.2 Å². The summed E-state index contributed by atoms with van der Waals surface area (Å²) in [6.45, 7) is -0.160. The summed E-state index contributed by atoms with van der Waals surface area (Å²) in [7, 11) is 0. The lowest BCUT2D eigenvalue weighted by Gasteiger charge is -2.31. The zero-order valence-electron chi connectivity index (χ0n) is 16.0. The van der Waals surface area contributed by atoms with E-state index in [1.165, 1.54) is 11.0 Å². The van der Waals surface area contributed by atoms with Crippen molar-refractivity contribution in [2.24, 2.45) is 5.92 Å². The van der Waals surface area contributed by atoms with Crippen LogP contribution in [0.5, 0.6) is 0 Å². The summed E-state index contributed by atoms with van der Waals surface area (Å²) in [6, 6.07) is 14.1. The van der Waals surface area contributed by atoms with E-state index < -0.39 is 17.6 Å². The monoisotopic (exact) mass is 427 g/mol. The van der Waals surface area contributed by atoms with Crippen LogP contribution in [0, 0.1) is 17.6 Å². The van der Waals surface area contributed by atoms with Crippen LogP contribution in [0.3, 0.4) is 0 Å². The summed E-state index contributed by atoms with van der Waals surface area (Å²) in [5.41, 5.74) is 1.21. The summed E-state index contributed by atoms with van der Waals surface area (Å²) in [5, 5.41) is 9.77. The molecular weight excluding hydrogens is 408 g/mol. The fourth-order valence-electron chi connectivity index (χ4n) is 3.46. The lowest BCUT2D eigenvalue weighted by atomic mass is 9.84. The largest absolute Gasteiger partial charge is 0.477 e. The highest BCUT2D eigenvalue weighted by Gasteiger charge is 2.33. The van der Waals surface area contributed by atoms with Crippen molar-refractivity contribution in [2.75, 3.05) is 4.90 Å². The molecule has 4 nitrogen and oxygen atoms in total. The first-order valence-corrected chi connectivity index (χ1v) is 10.4. The van der Waals surface area contributed by atoms with Gasteiger partial charge in [-0.3, -0.25) is 4.79 Å². The van der Waals surface area contributed by atoms with Gasteiger partial charge in [0.25, 0.3) is 0 Å². The number of hydrogen-bond acceptors (Lipinski definition) is 3. The maximum Gasteiger partial charge on any atom is 0.348 e. The molecule has 1 fully saturated rings. The Bertz CT molecular complexity index is 1090. The van der Waals surface area contributed by atoms with Crippen molar-refractivity contribution in [1.82, 2.24) is 0 Å². The molecule has 154 valence electrons. The van der Waals surface area contributed by atoms with Crippen LogP contribution in [0.4, 0.5) is 14.5 Å². The Balaban J connectivity index is 1.78. The van der Waals surface area contributed by atoms with Gasteiger partial charge in [-0.1, -0.05) is 42.8 Å². The van der Waals surface area contributed by atoms with Crippen molar-refractivity contribution < 1.29 is 23.5 Å². The number of amides is 1. The molecule has 0 radical (unpaired) electrons. The predicted octanol–water partition coefficient (Wildman–Crippen LogP) is 5.72. The summed E-state index contributed by atoms with van der Waals surface area (Å²) in [5.74, 6) is -3.07. The molecule has 0 spiro atoms. The van der Waals surface area contributed by atoms with Gasteiger partial charge in [0, 0.05) is 22.4 Å². The molecule has 2 aromatic carbocycles. The number of hydrogen-bond donors (Lipinski definition) is 1. The SMILES string of the molecule is O=C(O)c1sc(-c2ccccc2)cc1N(Cc1ccc(F)cc1F)C(=O)C1CCC1. The van der Waals surface area contributed by atoms with E-state index in [1.807, 2.05) is 30.3 Å². The van der Waals surface area contributed by atoms with E-state index in [0.29, 0.717) is 4.88 Å². The van der Waals surface area contributed by atoms with E-state index in [9.17, 15) is 23.5 Å². The van der Waals surface area contributed by atoms with Gasteiger partial charge in [-0.2, -0.15) is 0 Å². The molecule has 0 aliphatic heterocycles. The molecule has 30 heavy (non-hydrogen) atoms. The van der Waals surface area contributed by atoms with Crippen molar-refractivity contribution in [1.29, 1.82) is 0 Å². The number of nitrogens with zero attached hydrogens (tertiary/aromatic N) is 1. The molecule has 0 unspecified atom stereocenters. The topological polar surface area (TPSA) is 57.6 Å². The second-order valence-electron chi connectivity index (χ2n) is 7.28. The first-order chi connectivity index (χ1) is 14.4. The number of carbonyl (C=O) groups excluding carboxylic acids is 1. The lowest BCUT2D eigenvalue weighted by molar-refractivity contribution is -0.124. The van der Waals surface area contributed by atoms with E-state index in [-0.39, 0.29) is 34.5 Å². The standard InChI is InChI=1S/C23H19F2NO3S/c24-17-10-9-16(18(25)11-17)13-26(22(27)15-7-4-8-15)19-12-20(30-21(19)23(28)29)14-5-2-1-3-6-14/h1-3,5-6,9-12,15H,4,7-8,13H2,(H,28,29). The number of aromatic carboxylic acids is 1. The average molecular weight is 427 g/mol. The van der Waals surface area contributed by atoms with Crippen LogP contribution in [0.2, 0.25) is 0 Å². The van der Waals surface area contributed by atoms with E-state index in [0.717, 1.165) is 48.3 Å². The molecule has 1 heterocycles. The van der Waals surface area contributed by atoms with Crippen LogP contribution < -0.4 is 4.90 Å². The zero-order valence-corrected chi connectivity index (χ0v) is 16.8. The van der Waals surface area contributed by atoms with Gasteiger partial charge in [0.15, 0.2) is 0 Å². The number of benzene rings is 2. The molecule has 1 aliphatic rings. The maximum absolute atomic E-state index is 14.3. The fraction of sp³-hybridized carbons (Fsp3) is 0.217. The van der Waals surface area contributed by atoms with Gasteiger partial charge in [-0.25, -0.2) is 13.6 Å². The third-order valence-electron chi connectivity index (χ3n) is 5.32. The van der Waals surface area contributed by atoms with Crippen LogP contribution in [0.25, 0.3) is 10.4 Å². The van der Waals surface area contributed by atoms with E-state index >= 15 is 0 Å². The van der Waals surface area contributed by atoms with Crippen molar-refractivity contribution in [3.63, 3.8) is 0 Å². The molecule has 0 bridgehead atoms. The minimum absolute atomic E-state index is 0.0176. The Morgan fingerprint density at radius 3 is 2.40 bits per heavy atom. The van der Waals surface area contributed by atoms with Crippen LogP contribution in [-0.2, 0) is 11.3 Å². The third kappa shape index (κ3) is 3.98. The number of carboxylic acids is 1. The number of thiophene rings is 1. The van der Waals surface area contributed by atoms with Gasteiger partial charge >= 0.3 is 5.97 Å². The maximum atomic E-state index is 14.3. The van der Waals surface area contributed by atoms with E-state index in [2.05, 4.69) is 0 Å². The van der Waals surface area contributed by atoms with Crippen molar-refractivity contribution in [3.8, 4) is 10.4 Å². The molecule has 0 saturated heterocycles. The third-order valence-corrected chi connectivity index (χ3v) is 6.48. The molecule has 1 saturated carbocycles. The summed E-state index contributed by atoms with van der Waals surface area (Å²) in [4.78, 5) is 27.2. The number of anilines is 1. The number of carboxylic acid groups (broad SMARTS) is 1. The van der Waals surface area contributed by atoms with Crippen LogP contribution in [0.15, 0.2) is 54.6 Å². The number of carbonyl (C=O) groups is 2. The summed E-state index contributed by atoms with van der Waals surface area (Å²) >= 11 is 1.07. The summed E-state index contributed by atoms with van der Waals surface area (Å²) < 4.78 is 27.6. The molecule has 1 N–H and O–H groups in total. The highest BCUT2D eigenvalue weighted by atomic mass is 32.1. The van der Waals surface area contributed by atoms with Crippen LogP contribution >= 0.6 is 11.3 Å². The normalized spacial score (nSPS) is 13.7.